The van der Waals surface area contributed by atoms with Gasteiger partial charge >= 0.3 is 0 Å². The summed E-state index contributed by atoms with van der Waals surface area (Å²) in [6.07, 6.45) is 2.70. The molecule has 100 valence electrons. The van der Waals surface area contributed by atoms with E-state index in [0.29, 0.717) is 5.69 Å². The van der Waals surface area contributed by atoms with Crippen LogP contribution in [0.15, 0.2) is 54.7 Å². The summed E-state index contributed by atoms with van der Waals surface area (Å²) in [5.41, 5.74) is 3.49. The number of fused-ring (bicyclic) bond motifs is 1. The second-order valence-corrected chi connectivity index (χ2v) is 4.67. The molecule has 0 atom stereocenters. The number of aryl methyl sites for hydroxylation is 1. The molecule has 0 saturated heterocycles. The highest BCUT2D eigenvalue weighted by molar-refractivity contribution is 5.93. The van der Waals surface area contributed by atoms with Crippen molar-refractivity contribution in [1.82, 2.24) is 4.98 Å². The molecule has 0 amide bonds. The fourth-order valence-electron chi connectivity index (χ4n) is 2.23. The number of halogens is 1. The van der Waals surface area contributed by atoms with E-state index in [1.165, 1.54) is 11.6 Å². The predicted octanol–water partition coefficient (Wildman–Crippen LogP) is 4.68. The maximum atomic E-state index is 13.7. The van der Waals surface area contributed by atoms with Crippen LogP contribution in [0.2, 0.25) is 0 Å². The number of nitrogens with zero attached hydrogens (tertiary/aromatic N) is 1. The van der Waals surface area contributed by atoms with Crippen LogP contribution >= 0.6 is 0 Å². The number of hydrogen-bond donors (Lipinski definition) is 1. The number of hydrogen-bond acceptors (Lipinski definition) is 2. The molecule has 1 aromatic heterocycles. The monoisotopic (exact) mass is 266 g/mol. The first kappa shape index (κ1) is 12.6. The number of rotatable bonds is 3. The highest BCUT2D eigenvalue weighted by atomic mass is 19.1. The lowest BCUT2D eigenvalue weighted by Crippen LogP contribution is -1.95. The first-order valence-corrected chi connectivity index (χ1v) is 6.67. The van der Waals surface area contributed by atoms with Crippen molar-refractivity contribution in [3.63, 3.8) is 0 Å². The molecular formula is C17H15FN2. The first-order chi connectivity index (χ1) is 9.78. The van der Waals surface area contributed by atoms with Crippen LogP contribution in [0.3, 0.4) is 0 Å². The molecule has 0 spiro atoms. The van der Waals surface area contributed by atoms with E-state index in [-0.39, 0.29) is 5.82 Å². The molecule has 1 N–H and O–H groups in total. The molecule has 0 saturated carbocycles. The van der Waals surface area contributed by atoms with Gasteiger partial charge in [0.25, 0.3) is 0 Å². The number of aromatic nitrogens is 1. The number of benzene rings is 2. The Morgan fingerprint density at radius 1 is 1.05 bits per heavy atom. The van der Waals surface area contributed by atoms with Crippen LogP contribution in [0.5, 0.6) is 0 Å². The van der Waals surface area contributed by atoms with Gasteiger partial charge in [-0.2, -0.15) is 0 Å². The summed E-state index contributed by atoms with van der Waals surface area (Å²) in [7, 11) is 0. The van der Waals surface area contributed by atoms with Gasteiger partial charge in [-0.05, 0) is 42.3 Å². The first-order valence-electron chi connectivity index (χ1n) is 6.67. The summed E-state index contributed by atoms with van der Waals surface area (Å²) in [6.45, 7) is 2.11. The Hall–Kier alpha value is -2.42. The van der Waals surface area contributed by atoms with Gasteiger partial charge in [-0.25, -0.2) is 4.39 Å². The van der Waals surface area contributed by atoms with Crippen LogP contribution in [0.25, 0.3) is 10.9 Å². The van der Waals surface area contributed by atoms with Crippen molar-refractivity contribution >= 4 is 22.3 Å². The summed E-state index contributed by atoms with van der Waals surface area (Å²) >= 11 is 0. The minimum absolute atomic E-state index is 0.260. The van der Waals surface area contributed by atoms with E-state index in [0.717, 1.165) is 23.0 Å². The van der Waals surface area contributed by atoms with Gasteiger partial charge in [-0.3, -0.25) is 4.98 Å². The van der Waals surface area contributed by atoms with Gasteiger partial charge in [0, 0.05) is 17.3 Å². The average Bonchev–Trinajstić information content (AvgIpc) is 2.49. The van der Waals surface area contributed by atoms with E-state index >= 15 is 0 Å². The lowest BCUT2D eigenvalue weighted by Gasteiger charge is -2.11. The zero-order chi connectivity index (χ0) is 13.9. The Kier molecular flexibility index (Phi) is 3.33. The third-order valence-corrected chi connectivity index (χ3v) is 3.36. The molecule has 1 heterocycles. The Morgan fingerprint density at radius 2 is 1.90 bits per heavy atom. The number of para-hydroxylation sites is 1. The second-order valence-electron chi connectivity index (χ2n) is 4.67. The predicted molar refractivity (Wildman–Crippen MR) is 80.8 cm³/mol. The van der Waals surface area contributed by atoms with Crippen molar-refractivity contribution in [3.05, 3.63) is 66.1 Å². The molecule has 0 fully saturated rings. The molecule has 3 rings (SSSR count). The Bertz CT molecular complexity index is 753. The van der Waals surface area contributed by atoms with Gasteiger partial charge in [0.1, 0.15) is 5.82 Å². The molecule has 3 aromatic rings. The topological polar surface area (TPSA) is 24.9 Å². The van der Waals surface area contributed by atoms with E-state index in [1.54, 1.807) is 18.3 Å². The van der Waals surface area contributed by atoms with Crippen LogP contribution in [-0.4, -0.2) is 4.98 Å². The highest BCUT2D eigenvalue weighted by Crippen LogP contribution is 2.27. The Morgan fingerprint density at radius 3 is 2.70 bits per heavy atom. The number of anilines is 2. The molecule has 0 radical (unpaired) electrons. The van der Waals surface area contributed by atoms with Crippen LogP contribution in [0.1, 0.15) is 12.5 Å². The third-order valence-electron chi connectivity index (χ3n) is 3.36. The van der Waals surface area contributed by atoms with E-state index in [1.807, 2.05) is 18.2 Å². The molecule has 3 heteroatoms. The van der Waals surface area contributed by atoms with Gasteiger partial charge in [0.05, 0.1) is 11.2 Å². The molecule has 20 heavy (non-hydrogen) atoms. The maximum absolute atomic E-state index is 13.7. The minimum atomic E-state index is -0.260. The normalized spacial score (nSPS) is 10.7. The average molecular weight is 266 g/mol. The second kappa shape index (κ2) is 5.29. The Labute approximate surface area is 117 Å². The third kappa shape index (κ3) is 2.35. The van der Waals surface area contributed by atoms with E-state index < -0.39 is 0 Å². The molecule has 0 bridgehead atoms. The van der Waals surface area contributed by atoms with Gasteiger partial charge in [-0.1, -0.05) is 25.1 Å². The fraction of sp³-hybridized carbons (Fsp3) is 0.118. The molecule has 0 unspecified atom stereocenters. The van der Waals surface area contributed by atoms with E-state index in [2.05, 4.69) is 29.4 Å². The number of pyridine rings is 1. The van der Waals surface area contributed by atoms with Crippen LogP contribution < -0.4 is 5.32 Å². The van der Waals surface area contributed by atoms with Crippen molar-refractivity contribution in [1.29, 1.82) is 0 Å². The van der Waals surface area contributed by atoms with Crippen LogP contribution in [-0.2, 0) is 6.42 Å². The van der Waals surface area contributed by atoms with Crippen molar-refractivity contribution < 1.29 is 4.39 Å². The van der Waals surface area contributed by atoms with Gasteiger partial charge < -0.3 is 5.32 Å². The summed E-state index contributed by atoms with van der Waals surface area (Å²) in [5, 5.41) is 4.16. The van der Waals surface area contributed by atoms with Crippen LogP contribution in [0, 0.1) is 5.82 Å². The van der Waals surface area contributed by atoms with Crippen molar-refractivity contribution in [2.24, 2.45) is 0 Å². The summed E-state index contributed by atoms with van der Waals surface area (Å²) in [5.74, 6) is -0.260. The minimum Gasteiger partial charge on any atom is -0.353 e. The molecular weight excluding hydrogens is 251 g/mol. The molecule has 0 aliphatic heterocycles. The van der Waals surface area contributed by atoms with Crippen molar-refractivity contribution in [3.8, 4) is 0 Å². The smallest absolute Gasteiger partial charge is 0.146 e. The van der Waals surface area contributed by atoms with Gasteiger partial charge in [-0.15, -0.1) is 0 Å². The van der Waals surface area contributed by atoms with Crippen molar-refractivity contribution in [2.45, 2.75) is 13.3 Å². The van der Waals surface area contributed by atoms with Gasteiger partial charge in [0.15, 0.2) is 0 Å². The molecule has 2 nitrogen and oxygen atoms in total. The fourth-order valence-corrected chi connectivity index (χ4v) is 2.23. The lowest BCUT2D eigenvalue weighted by molar-refractivity contribution is 0.632. The molecule has 0 aliphatic carbocycles. The highest BCUT2D eigenvalue weighted by Gasteiger charge is 2.06. The quantitative estimate of drug-likeness (QED) is 0.744. The van der Waals surface area contributed by atoms with E-state index in [9.17, 15) is 4.39 Å². The SMILES string of the molecule is CCc1ccc2nccc(Nc3ccccc3F)c2c1. The number of nitrogens with one attached hydrogen (secondary N) is 1. The van der Waals surface area contributed by atoms with Gasteiger partial charge in [0.2, 0.25) is 0 Å². The zero-order valence-corrected chi connectivity index (χ0v) is 11.2. The standard InChI is InChI=1S/C17H15FN2/c1-2-12-7-8-15-13(11-12)16(9-10-19-15)20-17-6-4-3-5-14(17)18/h3-11H,2H2,1H3,(H,19,20). The summed E-state index contributed by atoms with van der Waals surface area (Å²) < 4.78 is 13.7. The lowest BCUT2D eigenvalue weighted by atomic mass is 10.1. The Balaban J connectivity index is 2.09. The summed E-state index contributed by atoms with van der Waals surface area (Å²) in [6, 6.07) is 14.7. The largest absolute Gasteiger partial charge is 0.353 e. The summed E-state index contributed by atoms with van der Waals surface area (Å²) in [4.78, 5) is 4.35. The van der Waals surface area contributed by atoms with Crippen molar-refractivity contribution in [2.75, 3.05) is 5.32 Å². The molecule has 2 aromatic carbocycles. The zero-order valence-electron chi connectivity index (χ0n) is 11.2. The molecule has 0 aliphatic rings. The van der Waals surface area contributed by atoms with E-state index in [4.69, 9.17) is 0 Å². The maximum Gasteiger partial charge on any atom is 0.146 e. The van der Waals surface area contributed by atoms with Crippen LogP contribution in [0.4, 0.5) is 15.8 Å².